The van der Waals surface area contributed by atoms with Crippen molar-refractivity contribution < 1.29 is 19.4 Å². The molecule has 2 N–H and O–H groups in total. The molecule has 2 rings (SSSR count). The summed E-state index contributed by atoms with van der Waals surface area (Å²) in [5.41, 5.74) is 0.725. The molecule has 0 aliphatic carbocycles. The first-order chi connectivity index (χ1) is 9.97. The van der Waals surface area contributed by atoms with Crippen LogP contribution in [0.25, 0.3) is 0 Å². The highest BCUT2D eigenvalue weighted by Gasteiger charge is 2.28. The Morgan fingerprint density at radius 1 is 1.52 bits per heavy atom. The van der Waals surface area contributed by atoms with Crippen molar-refractivity contribution in [1.82, 2.24) is 5.32 Å². The van der Waals surface area contributed by atoms with Gasteiger partial charge in [-0.2, -0.15) is 0 Å². The van der Waals surface area contributed by atoms with Gasteiger partial charge in [0, 0.05) is 22.5 Å². The lowest BCUT2D eigenvalue weighted by Crippen LogP contribution is -2.46. The van der Waals surface area contributed by atoms with E-state index in [0.717, 1.165) is 16.5 Å². The molecule has 1 aliphatic rings. The van der Waals surface area contributed by atoms with E-state index < -0.39 is 18.1 Å². The maximum atomic E-state index is 12.0. The smallest absolute Gasteiger partial charge is 0.326 e. The van der Waals surface area contributed by atoms with Gasteiger partial charge in [-0.3, -0.25) is 4.79 Å². The summed E-state index contributed by atoms with van der Waals surface area (Å²) in [5.74, 6) is -1.47. The number of aliphatic carboxylic acids is 1. The zero-order valence-electron chi connectivity index (χ0n) is 11.1. The topological polar surface area (TPSA) is 75.6 Å². The SMILES string of the molecule is O=C(O)[C@@H](Cc1cc(Cl)ccc1Br)NC(=O)[C@H]1CCCO1. The molecule has 5 nitrogen and oxygen atoms in total. The second-order valence-electron chi connectivity index (χ2n) is 4.84. The molecule has 0 radical (unpaired) electrons. The van der Waals surface area contributed by atoms with Gasteiger partial charge in [-0.15, -0.1) is 0 Å². The Morgan fingerprint density at radius 3 is 2.90 bits per heavy atom. The minimum atomic E-state index is -1.09. The van der Waals surface area contributed by atoms with Crippen molar-refractivity contribution in [3.8, 4) is 0 Å². The highest BCUT2D eigenvalue weighted by molar-refractivity contribution is 9.10. The lowest BCUT2D eigenvalue weighted by molar-refractivity contribution is -0.143. The van der Waals surface area contributed by atoms with Gasteiger partial charge in [-0.1, -0.05) is 27.5 Å². The van der Waals surface area contributed by atoms with Crippen LogP contribution in [0.2, 0.25) is 5.02 Å². The Labute approximate surface area is 135 Å². The van der Waals surface area contributed by atoms with Crippen LogP contribution < -0.4 is 5.32 Å². The van der Waals surface area contributed by atoms with Crippen LogP contribution in [0.5, 0.6) is 0 Å². The Bertz CT molecular complexity index is 546. The van der Waals surface area contributed by atoms with Crippen LogP contribution in [0, 0.1) is 0 Å². The molecule has 0 bridgehead atoms. The molecule has 1 aliphatic heterocycles. The van der Waals surface area contributed by atoms with Crippen LogP contribution in [0.4, 0.5) is 0 Å². The standard InChI is InChI=1S/C14H15BrClNO4/c15-10-4-3-9(16)6-8(10)7-11(14(19)20)17-13(18)12-2-1-5-21-12/h3-4,6,11-12H,1-2,5,7H2,(H,17,18)(H,19,20)/t11-,12-/m1/s1. The predicted molar refractivity (Wildman–Crippen MR) is 81.4 cm³/mol. The van der Waals surface area contributed by atoms with Crippen LogP contribution in [0.15, 0.2) is 22.7 Å². The first kappa shape index (κ1) is 16.3. The normalized spacial score (nSPS) is 19.2. The predicted octanol–water partition coefficient (Wildman–Crippen LogP) is 2.39. The molecule has 0 saturated carbocycles. The summed E-state index contributed by atoms with van der Waals surface area (Å²) in [6.07, 6.45) is 1.04. The largest absolute Gasteiger partial charge is 0.480 e. The lowest BCUT2D eigenvalue weighted by atomic mass is 10.1. The number of carbonyl (C=O) groups is 2. The average Bonchev–Trinajstić information content (AvgIpc) is 2.96. The number of amides is 1. The van der Waals surface area contributed by atoms with Crippen LogP contribution in [-0.4, -0.2) is 35.7 Å². The molecular weight excluding hydrogens is 362 g/mol. The Balaban J connectivity index is 2.06. The number of ether oxygens (including phenoxy) is 1. The van der Waals surface area contributed by atoms with Crippen LogP contribution in [-0.2, 0) is 20.7 Å². The van der Waals surface area contributed by atoms with Crippen LogP contribution in [0.3, 0.4) is 0 Å². The van der Waals surface area contributed by atoms with E-state index >= 15 is 0 Å². The van der Waals surface area contributed by atoms with Gasteiger partial charge < -0.3 is 15.2 Å². The van der Waals surface area contributed by atoms with Crippen molar-refractivity contribution in [2.24, 2.45) is 0 Å². The van der Waals surface area contributed by atoms with Crippen molar-refractivity contribution >= 4 is 39.4 Å². The monoisotopic (exact) mass is 375 g/mol. The zero-order chi connectivity index (χ0) is 15.4. The molecule has 1 aromatic rings. The Kier molecular flexibility index (Phi) is 5.61. The third-order valence-electron chi connectivity index (χ3n) is 3.27. The van der Waals surface area contributed by atoms with E-state index in [2.05, 4.69) is 21.2 Å². The van der Waals surface area contributed by atoms with E-state index in [9.17, 15) is 14.7 Å². The summed E-state index contributed by atoms with van der Waals surface area (Å²) in [5, 5.41) is 12.3. The number of hydrogen-bond acceptors (Lipinski definition) is 3. The van der Waals surface area contributed by atoms with E-state index in [1.807, 2.05) is 0 Å². The fourth-order valence-corrected chi connectivity index (χ4v) is 2.77. The van der Waals surface area contributed by atoms with Crippen LogP contribution in [0.1, 0.15) is 18.4 Å². The van der Waals surface area contributed by atoms with Gasteiger partial charge >= 0.3 is 5.97 Å². The van der Waals surface area contributed by atoms with Gasteiger partial charge in [0.05, 0.1) is 0 Å². The highest BCUT2D eigenvalue weighted by Crippen LogP contribution is 2.22. The average molecular weight is 377 g/mol. The molecule has 2 atom stereocenters. The second kappa shape index (κ2) is 7.24. The van der Waals surface area contributed by atoms with Crippen molar-refractivity contribution in [3.63, 3.8) is 0 Å². The first-order valence-electron chi connectivity index (χ1n) is 6.56. The van der Waals surface area contributed by atoms with Gasteiger partial charge in [-0.25, -0.2) is 4.79 Å². The van der Waals surface area contributed by atoms with E-state index in [4.69, 9.17) is 16.3 Å². The summed E-state index contributed by atoms with van der Waals surface area (Å²) < 4.78 is 6.01. The third kappa shape index (κ3) is 4.43. The number of carboxylic acid groups (broad SMARTS) is 1. The molecule has 1 amide bonds. The summed E-state index contributed by atoms with van der Waals surface area (Å²) in [6.45, 7) is 0.537. The first-order valence-corrected chi connectivity index (χ1v) is 7.73. The van der Waals surface area contributed by atoms with Crippen molar-refractivity contribution in [3.05, 3.63) is 33.3 Å². The Hall–Kier alpha value is -1.11. The third-order valence-corrected chi connectivity index (χ3v) is 4.28. The van der Waals surface area contributed by atoms with Crippen molar-refractivity contribution in [1.29, 1.82) is 0 Å². The summed E-state index contributed by atoms with van der Waals surface area (Å²) >= 11 is 9.27. The number of carboxylic acids is 1. The fraction of sp³-hybridized carbons (Fsp3) is 0.429. The van der Waals surface area contributed by atoms with Crippen molar-refractivity contribution in [2.75, 3.05) is 6.61 Å². The van der Waals surface area contributed by atoms with Gasteiger partial charge in [0.2, 0.25) is 5.91 Å². The molecule has 114 valence electrons. The minimum Gasteiger partial charge on any atom is -0.480 e. The zero-order valence-corrected chi connectivity index (χ0v) is 13.5. The molecule has 0 aromatic heterocycles. The molecule has 1 aromatic carbocycles. The number of nitrogens with one attached hydrogen (secondary N) is 1. The number of benzene rings is 1. The lowest BCUT2D eigenvalue weighted by Gasteiger charge is -2.18. The van der Waals surface area contributed by atoms with Gasteiger partial charge in [0.15, 0.2) is 0 Å². The summed E-state index contributed by atoms with van der Waals surface area (Å²) in [7, 11) is 0. The molecule has 7 heteroatoms. The van der Waals surface area contributed by atoms with E-state index in [-0.39, 0.29) is 12.3 Å². The number of carbonyl (C=O) groups excluding carboxylic acids is 1. The van der Waals surface area contributed by atoms with E-state index in [1.54, 1.807) is 18.2 Å². The molecule has 0 spiro atoms. The molecular formula is C14H15BrClNO4. The summed E-state index contributed by atoms with van der Waals surface area (Å²) in [6, 6.07) is 4.12. The molecule has 1 fully saturated rings. The summed E-state index contributed by atoms with van der Waals surface area (Å²) in [4.78, 5) is 23.3. The minimum absolute atomic E-state index is 0.148. The highest BCUT2D eigenvalue weighted by atomic mass is 79.9. The number of rotatable bonds is 5. The van der Waals surface area contributed by atoms with Gasteiger partial charge in [0.25, 0.3) is 0 Å². The Morgan fingerprint density at radius 2 is 2.29 bits per heavy atom. The van der Waals surface area contributed by atoms with E-state index in [0.29, 0.717) is 18.1 Å². The molecule has 21 heavy (non-hydrogen) atoms. The van der Waals surface area contributed by atoms with Crippen molar-refractivity contribution in [2.45, 2.75) is 31.4 Å². The number of hydrogen-bond donors (Lipinski definition) is 2. The van der Waals surface area contributed by atoms with Gasteiger partial charge in [-0.05, 0) is 36.6 Å². The maximum Gasteiger partial charge on any atom is 0.326 e. The quantitative estimate of drug-likeness (QED) is 0.827. The maximum absolute atomic E-state index is 12.0. The fourth-order valence-electron chi connectivity index (χ4n) is 2.17. The number of halogens is 2. The molecule has 0 unspecified atom stereocenters. The van der Waals surface area contributed by atoms with Crippen LogP contribution >= 0.6 is 27.5 Å². The molecule has 1 saturated heterocycles. The second-order valence-corrected chi connectivity index (χ2v) is 6.13. The van der Waals surface area contributed by atoms with Gasteiger partial charge in [0.1, 0.15) is 12.1 Å². The van der Waals surface area contributed by atoms with E-state index in [1.165, 1.54) is 0 Å². The molecule has 1 heterocycles.